The molecule has 1 aromatic carbocycles. The van der Waals surface area contributed by atoms with Gasteiger partial charge in [-0.3, -0.25) is 4.79 Å². The molecule has 0 aliphatic heterocycles. The van der Waals surface area contributed by atoms with Crippen LogP contribution in [0.5, 0.6) is 0 Å². The van der Waals surface area contributed by atoms with Crippen molar-refractivity contribution in [2.75, 3.05) is 13.7 Å². The molecule has 0 spiro atoms. The van der Waals surface area contributed by atoms with Crippen LogP contribution in [0.3, 0.4) is 0 Å². The largest absolute Gasteiger partial charge is 0.385 e. The topological polar surface area (TPSA) is 26.3 Å². The van der Waals surface area contributed by atoms with Gasteiger partial charge in [-0.15, -0.1) is 0 Å². The number of halogens is 1. The van der Waals surface area contributed by atoms with E-state index >= 15 is 0 Å². The van der Waals surface area contributed by atoms with Gasteiger partial charge in [0.15, 0.2) is 5.78 Å². The summed E-state index contributed by atoms with van der Waals surface area (Å²) in [5, 5.41) is 0. The molecule has 0 saturated heterocycles. The summed E-state index contributed by atoms with van der Waals surface area (Å²) in [6, 6.07) is 4.40. The molecule has 1 aromatic rings. The number of benzene rings is 1. The molecule has 0 N–H and O–H groups in total. The maximum Gasteiger partial charge on any atom is 0.163 e. The highest BCUT2D eigenvalue weighted by Gasteiger charge is 2.07. The molecule has 3 heteroatoms. The fourth-order valence-electron chi connectivity index (χ4n) is 1.42. The van der Waals surface area contributed by atoms with Gasteiger partial charge in [-0.25, -0.2) is 4.39 Å². The Balaban J connectivity index is 2.65. The third-order valence-electron chi connectivity index (χ3n) is 2.12. The maximum atomic E-state index is 13.0. The molecule has 82 valence electrons. The Kier molecular flexibility index (Phi) is 4.43. The second kappa shape index (κ2) is 5.61. The monoisotopic (exact) mass is 210 g/mol. The summed E-state index contributed by atoms with van der Waals surface area (Å²) in [6.45, 7) is 2.33. The molecule has 0 radical (unpaired) electrons. The smallest absolute Gasteiger partial charge is 0.163 e. The minimum Gasteiger partial charge on any atom is -0.385 e. The number of rotatable bonds is 5. The van der Waals surface area contributed by atoms with Gasteiger partial charge >= 0.3 is 0 Å². The minimum absolute atomic E-state index is 0.0327. The fourth-order valence-corrected chi connectivity index (χ4v) is 1.42. The summed E-state index contributed by atoms with van der Waals surface area (Å²) in [5.74, 6) is -0.389. The average Bonchev–Trinajstić information content (AvgIpc) is 2.16. The van der Waals surface area contributed by atoms with Gasteiger partial charge in [-0.1, -0.05) is 0 Å². The predicted molar refractivity (Wildman–Crippen MR) is 56.6 cm³/mol. The first kappa shape index (κ1) is 11.9. The van der Waals surface area contributed by atoms with Crippen LogP contribution in [0.4, 0.5) is 4.39 Å². The van der Waals surface area contributed by atoms with Gasteiger partial charge in [0.05, 0.1) is 0 Å². The Labute approximate surface area is 89.1 Å². The highest BCUT2D eigenvalue weighted by Crippen LogP contribution is 2.11. The summed E-state index contributed by atoms with van der Waals surface area (Å²) in [7, 11) is 1.59. The first-order chi connectivity index (χ1) is 7.13. The predicted octanol–water partition coefficient (Wildman–Crippen LogP) is 2.74. The number of carbonyl (C=O) groups is 1. The lowest BCUT2D eigenvalue weighted by Crippen LogP contribution is -2.02. The van der Waals surface area contributed by atoms with E-state index in [1.165, 1.54) is 12.1 Å². The Bertz CT molecular complexity index is 327. The van der Waals surface area contributed by atoms with E-state index in [1.807, 2.05) is 0 Å². The van der Waals surface area contributed by atoms with Crippen LogP contribution in [-0.4, -0.2) is 19.5 Å². The summed E-state index contributed by atoms with van der Waals surface area (Å²) < 4.78 is 17.8. The third-order valence-corrected chi connectivity index (χ3v) is 2.12. The van der Waals surface area contributed by atoms with Crippen LogP contribution in [0, 0.1) is 12.7 Å². The highest BCUT2D eigenvalue weighted by atomic mass is 19.1. The Morgan fingerprint density at radius 3 is 2.73 bits per heavy atom. The number of Topliss-reactive ketones (excluding diaryl/α,β-unsaturated/α-hetero) is 1. The van der Waals surface area contributed by atoms with Crippen molar-refractivity contribution in [3.63, 3.8) is 0 Å². The number of ether oxygens (including phenoxy) is 1. The fraction of sp³-hybridized carbons (Fsp3) is 0.417. The van der Waals surface area contributed by atoms with Gasteiger partial charge in [-0.05, 0) is 37.1 Å². The number of ketones is 1. The lowest BCUT2D eigenvalue weighted by atomic mass is 10.0. The van der Waals surface area contributed by atoms with Gasteiger partial charge in [0, 0.05) is 25.7 Å². The van der Waals surface area contributed by atoms with Gasteiger partial charge < -0.3 is 4.74 Å². The van der Waals surface area contributed by atoms with Crippen LogP contribution in [-0.2, 0) is 4.74 Å². The van der Waals surface area contributed by atoms with Crippen LogP contribution in [0.15, 0.2) is 18.2 Å². The molecule has 0 fully saturated rings. The van der Waals surface area contributed by atoms with Crippen molar-refractivity contribution in [2.45, 2.75) is 19.8 Å². The van der Waals surface area contributed by atoms with Crippen LogP contribution in [0.1, 0.15) is 28.8 Å². The molecule has 0 atom stereocenters. The van der Waals surface area contributed by atoms with Gasteiger partial charge in [0.2, 0.25) is 0 Å². The Morgan fingerprint density at radius 2 is 2.13 bits per heavy atom. The molecule has 0 unspecified atom stereocenters. The summed E-state index contributed by atoms with van der Waals surface area (Å²) in [4.78, 5) is 11.6. The number of aryl methyl sites for hydroxylation is 1. The summed E-state index contributed by atoms with van der Waals surface area (Å²) >= 11 is 0. The third kappa shape index (κ3) is 3.80. The molecule has 15 heavy (non-hydrogen) atoms. The van der Waals surface area contributed by atoms with E-state index in [4.69, 9.17) is 4.74 Å². The van der Waals surface area contributed by atoms with Crippen LogP contribution < -0.4 is 0 Å². The van der Waals surface area contributed by atoms with Crippen molar-refractivity contribution in [3.05, 3.63) is 35.1 Å². The Morgan fingerprint density at radius 1 is 1.40 bits per heavy atom. The standard InChI is InChI=1S/C12H15FO2/c1-9-6-10(8-11(13)7-9)12(14)4-3-5-15-2/h6-8H,3-5H2,1-2H3. The van der Waals surface area contributed by atoms with E-state index < -0.39 is 0 Å². The van der Waals surface area contributed by atoms with Gasteiger partial charge in [-0.2, -0.15) is 0 Å². The van der Waals surface area contributed by atoms with Crippen molar-refractivity contribution in [2.24, 2.45) is 0 Å². The normalized spacial score (nSPS) is 10.3. The number of methoxy groups -OCH3 is 1. The summed E-state index contributed by atoms with van der Waals surface area (Å²) in [5.41, 5.74) is 1.22. The second-order valence-electron chi connectivity index (χ2n) is 3.54. The van der Waals surface area contributed by atoms with Gasteiger partial charge in [0.25, 0.3) is 0 Å². The molecular formula is C12H15FO2. The van der Waals surface area contributed by atoms with E-state index in [0.29, 0.717) is 25.0 Å². The first-order valence-electron chi connectivity index (χ1n) is 4.93. The molecule has 0 saturated carbocycles. The maximum absolute atomic E-state index is 13.0. The first-order valence-corrected chi connectivity index (χ1v) is 4.93. The summed E-state index contributed by atoms with van der Waals surface area (Å²) in [6.07, 6.45) is 1.07. The van der Waals surface area contributed by atoms with E-state index in [1.54, 1.807) is 20.1 Å². The van der Waals surface area contributed by atoms with E-state index in [2.05, 4.69) is 0 Å². The van der Waals surface area contributed by atoms with Crippen molar-refractivity contribution in [1.82, 2.24) is 0 Å². The van der Waals surface area contributed by atoms with Crippen molar-refractivity contribution < 1.29 is 13.9 Å². The number of hydrogen-bond acceptors (Lipinski definition) is 2. The van der Waals surface area contributed by atoms with Crippen molar-refractivity contribution >= 4 is 5.78 Å². The molecule has 0 aliphatic carbocycles. The number of carbonyl (C=O) groups excluding carboxylic acids is 1. The highest BCUT2D eigenvalue weighted by molar-refractivity contribution is 5.96. The van der Waals surface area contributed by atoms with E-state index in [0.717, 1.165) is 5.56 Å². The van der Waals surface area contributed by atoms with Crippen LogP contribution in [0.25, 0.3) is 0 Å². The van der Waals surface area contributed by atoms with Crippen molar-refractivity contribution in [1.29, 1.82) is 0 Å². The Hall–Kier alpha value is -1.22. The van der Waals surface area contributed by atoms with E-state index in [9.17, 15) is 9.18 Å². The molecule has 0 amide bonds. The molecular weight excluding hydrogens is 195 g/mol. The van der Waals surface area contributed by atoms with E-state index in [-0.39, 0.29) is 11.6 Å². The number of hydrogen-bond donors (Lipinski definition) is 0. The SMILES string of the molecule is COCCCC(=O)c1cc(C)cc(F)c1. The van der Waals surface area contributed by atoms with Crippen LogP contribution >= 0.6 is 0 Å². The lowest BCUT2D eigenvalue weighted by Gasteiger charge is -2.02. The quantitative estimate of drug-likeness (QED) is 0.551. The lowest BCUT2D eigenvalue weighted by molar-refractivity contribution is 0.0963. The van der Waals surface area contributed by atoms with Gasteiger partial charge in [0.1, 0.15) is 5.82 Å². The second-order valence-corrected chi connectivity index (χ2v) is 3.54. The molecule has 2 nitrogen and oxygen atoms in total. The zero-order valence-corrected chi connectivity index (χ0v) is 9.05. The minimum atomic E-state index is -0.356. The molecule has 1 rings (SSSR count). The zero-order valence-electron chi connectivity index (χ0n) is 9.05. The molecule has 0 aromatic heterocycles. The molecule has 0 heterocycles. The average molecular weight is 210 g/mol. The molecule has 0 bridgehead atoms. The molecule has 0 aliphatic rings. The zero-order chi connectivity index (χ0) is 11.3. The van der Waals surface area contributed by atoms with Crippen LogP contribution in [0.2, 0.25) is 0 Å². The van der Waals surface area contributed by atoms with Crippen molar-refractivity contribution in [3.8, 4) is 0 Å².